The molecule has 16 heavy (non-hydrogen) atoms. The van der Waals surface area contributed by atoms with E-state index < -0.39 is 5.97 Å². The van der Waals surface area contributed by atoms with Crippen molar-refractivity contribution in [2.24, 2.45) is 0 Å². The van der Waals surface area contributed by atoms with Crippen molar-refractivity contribution >= 4 is 28.9 Å². The van der Waals surface area contributed by atoms with Crippen molar-refractivity contribution in [3.05, 3.63) is 0 Å². The number of carbonyl (C=O) groups excluding carboxylic acids is 2. The van der Waals surface area contributed by atoms with Gasteiger partial charge >= 0.3 is 5.97 Å². The van der Waals surface area contributed by atoms with Gasteiger partial charge in [-0.05, 0) is 0 Å². The minimum atomic E-state index is -0.938. The van der Waals surface area contributed by atoms with Gasteiger partial charge in [-0.2, -0.15) is 0 Å². The molecule has 1 rings (SSSR count). The summed E-state index contributed by atoms with van der Waals surface area (Å²) in [6.07, 6.45) is 0.149. The maximum absolute atomic E-state index is 11.2. The molecule has 0 aliphatic carbocycles. The number of carboxylic acid groups (broad SMARTS) is 1. The first-order chi connectivity index (χ1) is 7.59. The van der Waals surface area contributed by atoms with Crippen molar-refractivity contribution in [2.45, 2.75) is 12.8 Å². The van der Waals surface area contributed by atoms with Crippen LogP contribution in [0.5, 0.6) is 0 Å². The summed E-state index contributed by atoms with van der Waals surface area (Å²) < 4.78 is 0. The Hall–Kier alpha value is -1.24. The van der Waals surface area contributed by atoms with E-state index in [1.165, 1.54) is 11.8 Å². The summed E-state index contributed by atoms with van der Waals surface area (Å²) >= 11 is 1.26. The van der Waals surface area contributed by atoms with Crippen LogP contribution in [-0.4, -0.2) is 52.5 Å². The predicted octanol–water partition coefficient (Wildman–Crippen LogP) is 0.136. The quantitative estimate of drug-likeness (QED) is 0.696. The van der Waals surface area contributed by atoms with Crippen LogP contribution in [0.1, 0.15) is 12.8 Å². The lowest BCUT2D eigenvalue weighted by Crippen LogP contribution is -2.31. The van der Waals surface area contributed by atoms with Crippen LogP contribution in [0.25, 0.3) is 0 Å². The van der Waals surface area contributed by atoms with Gasteiger partial charge in [-0.15, -0.1) is 0 Å². The van der Waals surface area contributed by atoms with E-state index in [0.29, 0.717) is 13.1 Å². The Morgan fingerprint density at radius 1 is 1.44 bits per heavy atom. The van der Waals surface area contributed by atoms with E-state index in [9.17, 15) is 14.4 Å². The molecule has 0 radical (unpaired) electrons. The summed E-state index contributed by atoms with van der Waals surface area (Å²) in [5.41, 5.74) is 0. The molecular formula is C9H14N2O4S. The first-order valence-corrected chi connectivity index (χ1v) is 5.98. The van der Waals surface area contributed by atoms with Crippen LogP contribution < -0.4 is 5.32 Å². The van der Waals surface area contributed by atoms with Crippen LogP contribution in [0.2, 0.25) is 0 Å². The van der Waals surface area contributed by atoms with Gasteiger partial charge < -0.3 is 15.3 Å². The average molecular weight is 246 g/mol. The number of nitrogens with one attached hydrogen (secondary N) is 1. The molecule has 0 aromatic rings. The minimum absolute atomic E-state index is 0.0123. The number of thioether (sulfide) groups is 1. The van der Waals surface area contributed by atoms with Crippen molar-refractivity contribution in [3.63, 3.8) is 0 Å². The molecule has 0 aromatic carbocycles. The number of carbonyl (C=O) groups is 3. The van der Waals surface area contributed by atoms with Crippen LogP contribution in [0.3, 0.4) is 0 Å². The summed E-state index contributed by atoms with van der Waals surface area (Å²) in [6.45, 7) is 1.23. The van der Waals surface area contributed by atoms with Gasteiger partial charge in [0.2, 0.25) is 5.91 Å². The van der Waals surface area contributed by atoms with Gasteiger partial charge in [0.1, 0.15) is 0 Å². The Labute approximate surface area is 97.4 Å². The second-order valence-corrected chi connectivity index (χ2v) is 4.39. The van der Waals surface area contributed by atoms with E-state index in [-0.39, 0.29) is 30.5 Å². The fourth-order valence-electron chi connectivity index (χ4n) is 1.26. The fraction of sp³-hybridized carbons (Fsp3) is 0.667. The second-order valence-electron chi connectivity index (χ2n) is 3.35. The summed E-state index contributed by atoms with van der Waals surface area (Å²) in [7, 11) is 0. The molecule has 0 atom stereocenters. The summed E-state index contributed by atoms with van der Waals surface area (Å²) in [4.78, 5) is 34.2. The lowest BCUT2D eigenvalue weighted by Gasteiger charge is -2.13. The van der Waals surface area contributed by atoms with E-state index in [0.717, 1.165) is 5.75 Å². The molecule has 6 nitrogen and oxygen atoms in total. The van der Waals surface area contributed by atoms with Gasteiger partial charge in [0, 0.05) is 31.8 Å². The number of rotatable bonds is 6. The molecule has 7 heteroatoms. The highest BCUT2D eigenvalue weighted by Crippen LogP contribution is 2.16. The second kappa shape index (κ2) is 6.37. The van der Waals surface area contributed by atoms with Crippen LogP contribution in [-0.2, 0) is 9.59 Å². The van der Waals surface area contributed by atoms with Gasteiger partial charge in [-0.3, -0.25) is 14.4 Å². The van der Waals surface area contributed by atoms with E-state index in [4.69, 9.17) is 5.11 Å². The third-order valence-electron chi connectivity index (χ3n) is 2.11. The first-order valence-electron chi connectivity index (χ1n) is 5.00. The molecular weight excluding hydrogens is 232 g/mol. The van der Waals surface area contributed by atoms with Gasteiger partial charge in [0.15, 0.2) is 0 Å². The molecule has 1 fully saturated rings. The molecule has 2 N–H and O–H groups in total. The van der Waals surface area contributed by atoms with Gasteiger partial charge in [-0.25, -0.2) is 0 Å². The van der Waals surface area contributed by atoms with Crippen molar-refractivity contribution < 1.29 is 19.5 Å². The maximum Gasteiger partial charge on any atom is 0.305 e. The van der Waals surface area contributed by atoms with Crippen LogP contribution in [0.4, 0.5) is 4.79 Å². The highest BCUT2D eigenvalue weighted by atomic mass is 32.2. The Bertz CT molecular complexity index is 295. The standard InChI is InChI=1S/C9H14N2O4S/c12-7(10-3-1-8(13)14)2-4-11-5-6-16-9(11)15/h1-6H2,(H,10,12)(H,13,14). The minimum Gasteiger partial charge on any atom is -0.481 e. The van der Waals surface area contributed by atoms with E-state index in [1.807, 2.05) is 0 Å². The normalized spacial score (nSPS) is 15.2. The van der Waals surface area contributed by atoms with E-state index in [1.54, 1.807) is 4.90 Å². The maximum atomic E-state index is 11.2. The Balaban J connectivity index is 2.10. The van der Waals surface area contributed by atoms with Crippen LogP contribution in [0.15, 0.2) is 0 Å². The molecule has 0 aromatic heterocycles. The van der Waals surface area contributed by atoms with Crippen molar-refractivity contribution in [3.8, 4) is 0 Å². The number of amides is 2. The van der Waals surface area contributed by atoms with Crippen molar-refractivity contribution in [2.75, 3.05) is 25.4 Å². The molecule has 1 saturated heterocycles. The molecule has 1 aliphatic heterocycles. The average Bonchev–Trinajstić information content (AvgIpc) is 2.60. The zero-order chi connectivity index (χ0) is 12.0. The number of carboxylic acids is 1. The lowest BCUT2D eigenvalue weighted by molar-refractivity contribution is -0.136. The zero-order valence-electron chi connectivity index (χ0n) is 8.77. The summed E-state index contributed by atoms with van der Waals surface area (Å²) in [5, 5.41) is 10.9. The van der Waals surface area contributed by atoms with Gasteiger partial charge in [0.05, 0.1) is 6.42 Å². The molecule has 1 aliphatic rings. The molecule has 1 heterocycles. The number of nitrogens with zero attached hydrogens (tertiary/aromatic N) is 1. The lowest BCUT2D eigenvalue weighted by atomic mass is 10.3. The van der Waals surface area contributed by atoms with Crippen molar-refractivity contribution in [1.29, 1.82) is 0 Å². The van der Waals surface area contributed by atoms with Crippen molar-refractivity contribution in [1.82, 2.24) is 10.2 Å². The molecule has 0 unspecified atom stereocenters. The molecule has 90 valence electrons. The molecule has 0 saturated carbocycles. The molecule has 0 bridgehead atoms. The largest absolute Gasteiger partial charge is 0.481 e. The monoisotopic (exact) mass is 246 g/mol. The third-order valence-corrected chi connectivity index (χ3v) is 3.01. The summed E-state index contributed by atoms with van der Waals surface area (Å²) in [6, 6.07) is 0. The predicted molar refractivity (Wildman–Crippen MR) is 59.3 cm³/mol. The smallest absolute Gasteiger partial charge is 0.305 e. The van der Waals surface area contributed by atoms with E-state index >= 15 is 0 Å². The first kappa shape index (κ1) is 12.8. The number of hydrogen-bond donors (Lipinski definition) is 2. The molecule has 2 amide bonds. The zero-order valence-corrected chi connectivity index (χ0v) is 9.59. The fourth-order valence-corrected chi connectivity index (χ4v) is 2.11. The Morgan fingerprint density at radius 3 is 2.75 bits per heavy atom. The third kappa shape index (κ3) is 4.52. The molecule has 0 spiro atoms. The summed E-state index contributed by atoms with van der Waals surface area (Å²) in [5.74, 6) is -0.378. The van der Waals surface area contributed by atoms with E-state index in [2.05, 4.69) is 5.32 Å². The Morgan fingerprint density at radius 2 is 2.19 bits per heavy atom. The van der Waals surface area contributed by atoms with Gasteiger partial charge in [-0.1, -0.05) is 11.8 Å². The highest BCUT2D eigenvalue weighted by molar-refractivity contribution is 8.13. The Kier molecular flexibility index (Phi) is 5.10. The van der Waals surface area contributed by atoms with Gasteiger partial charge in [0.25, 0.3) is 5.24 Å². The topological polar surface area (TPSA) is 86.7 Å². The van der Waals surface area contributed by atoms with Crippen LogP contribution in [0, 0.1) is 0 Å². The number of hydrogen-bond acceptors (Lipinski definition) is 4. The SMILES string of the molecule is O=C(O)CCNC(=O)CCN1CCSC1=O. The highest BCUT2D eigenvalue weighted by Gasteiger charge is 2.21. The number of aliphatic carboxylic acids is 1. The van der Waals surface area contributed by atoms with Crippen LogP contribution >= 0.6 is 11.8 Å².